The van der Waals surface area contributed by atoms with E-state index in [0.717, 1.165) is 39.0 Å². The Labute approximate surface area is 129 Å². The molecule has 1 aliphatic heterocycles. The van der Waals surface area contributed by atoms with E-state index in [4.69, 9.17) is 10.5 Å². The number of likely N-dealkylation sites (N-methyl/N-ethyl adjacent to an activating group) is 1. The molecule has 0 aliphatic carbocycles. The van der Waals surface area contributed by atoms with Crippen molar-refractivity contribution >= 4 is 6.09 Å². The molecule has 0 saturated carbocycles. The standard InChI is InChI=1S/C16H33N3O2/c1-6-18(7-2)14(12-17)13-8-10-19(11-9-13)15(20)21-16(3,4)5/h13-14H,6-12,17H2,1-5H3. The molecule has 0 aromatic rings. The summed E-state index contributed by atoms with van der Waals surface area (Å²) >= 11 is 0. The Bertz CT molecular complexity index is 316. The van der Waals surface area contributed by atoms with Crippen LogP contribution in [0, 0.1) is 5.92 Å². The lowest BCUT2D eigenvalue weighted by Gasteiger charge is -2.40. The molecule has 1 aliphatic rings. The van der Waals surface area contributed by atoms with Gasteiger partial charge < -0.3 is 15.4 Å². The Hall–Kier alpha value is -0.810. The fraction of sp³-hybridized carbons (Fsp3) is 0.938. The molecule has 1 atom stereocenters. The summed E-state index contributed by atoms with van der Waals surface area (Å²) in [6.45, 7) is 14.4. The van der Waals surface area contributed by atoms with Crippen LogP contribution < -0.4 is 5.73 Å². The van der Waals surface area contributed by atoms with Crippen LogP contribution in [0.3, 0.4) is 0 Å². The number of nitrogens with zero attached hydrogens (tertiary/aromatic N) is 2. The van der Waals surface area contributed by atoms with E-state index in [1.54, 1.807) is 0 Å². The van der Waals surface area contributed by atoms with Gasteiger partial charge in [-0.05, 0) is 52.6 Å². The van der Waals surface area contributed by atoms with E-state index in [0.29, 0.717) is 18.5 Å². The van der Waals surface area contributed by atoms with Crippen LogP contribution in [0.5, 0.6) is 0 Å². The zero-order chi connectivity index (χ0) is 16.0. The van der Waals surface area contributed by atoms with Crippen molar-refractivity contribution in [1.82, 2.24) is 9.80 Å². The third-order valence-corrected chi connectivity index (χ3v) is 4.26. The quantitative estimate of drug-likeness (QED) is 0.846. The normalized spacial score (nSPS) is 18.9. The van der Waals surface area contributed by atoms with E-state index in [1.165, 1.54) is 0 Å². The van der Waals surface area contributed by atoms with Crippen molar-refractivity contribution in [3.8, 4) is 0 Å². The van der Waals surface area contributed by atoms with Crippen LogP contribution in [0.1, 0.15) is 47.5 Å². The Kier molecular flexibility index (Phi) is 6.94. The number of likely N-dealkylation sites (tertiary alicyclic amines) is 1. The molecule has 0 aromatic heterocycles. The van der Waals surface area contributed by atoms with Crippen LogP contribution in [0.15, 0.2) is 0 Å². The van der Waals surface area contributed by atoms with Crippen LogP contribution in [-0.2, 0) is 4.74 Å². The average Bonchev–Trinajstić information content (AvgIpc) is 2.43. The number of carbonyl (C=O) groups is 1. The topological polar surface area (TPSA) is 58.8 Å². The Morgan fingerprint density at radius 2 is 1.81 bits per heavy atom. The van der Waals surface area contributed by atoms with Gasteiger partial charge in [-0.25, -0.2) is 4.79 Å². The highest BCUT2D eigenvalue weighted by atomic mass is 16.6. The van der Waals surface area contributed by atoms with Crippen LogP contribution in [0.25, 0.3) is 0 Å². The van der Waals surface area contributed by atoms with Crippen LogP contribution in [0.2, 0.25) is 0 Å². The van der Waals surface area contributed by atoms with Crippen molar-refractivity contribution in [2.24, 2.45) is 11.7 Å². The van der Waals surface area contributed by atoms with Crippen molar-refractivity contribution in [2.45, 2.75) is 59.1 Å². The summed E-state index contributed by atoms with van der Waals surface area (Å²) in [4.78, 5) is 16.3. The van der Waals surface area contributed by atoms with Crippen LogP contribution >= 0.6 is 0 Å². The molecule has 1 fully saturated rings. The van der Waals surface area contributed by atoms with E-state index < -0.39 is 5.60 Å². The molecule has 1 amide bonds. The highest BCUT2D eigenvalue weighted by Gasteiger charge is 2.31. The number of piperidine rings is 1. The van der Waals surface area contributed by atoms with Crippen LogP contribution in [-0.4, -0.2) is 60.3 Å². The molecule has 21 heavy (non-hydrogen) atoms. The molecular weight excluding hydrogens is 266 g/mol. The molecule has 0 spiro atoms. The van der Waals surface area contributed by atoms with Crippen molar-refractivity contribution in [2.75, 3.05) is 32.7 Å². The first-order valence-corrected chi connectivity index (χ1v) is 8.24. The molecule has 0 aromatic carbocycles. The van der Waals surface area contributed by atoms with Gasteiger partial charge in [0.1, 0.15) is 5.60 Å². The Balaban J connectivity index is 2.52. The van der Waals surface area contributed by atoms with Gasteiger partial charge in [-0.15, -0.1) is 0 Å². The number of ether oxygens (including phenoxy) is 1. The predicted molar refractivity (Wildman–Crippen MR) is 86.3 cm³/mol. The molecule has 0 bridgehead atoms. The van der Waals surface area contributed by atoms with Crippen molar-refractivity contribution in [3.63, 3.8) is 0 Å². The fourth-order valence-electron chi connectivity index (χ4n) is 3.13. The largest absolute Gasteiger partial charge is 0.444 e. The third-order valence-electron chi connectivity index (χ3n) is 4.26. The minimum atomic E-state index is -0.422. The maximum absolute atomic E-state index is 12.1. The zero-order valence-electron chi connectivity index (χ0n) is 14.4. The van der Waals surface area contributed by atoms with Gasteiger partial charge >= 0.3 is 6.09 Å². The van der Waals surface area contributed by atoms with E-state index in [1.807, 2.05) is 25.7 Å². The van der Waals surface area contributed by atoms with Gasteiger partial charge in [-0.1, -0.05) is 13.8 Å². The van der Waals surface area contributed by atoms with Crippen molar-refractivity contribution in [3.05, 3.63) is 0 Å². The molecule has 1 unspecified atom stereocenters. The van der Waals surface area contributed by atoms with Crippen molar-refractivity contribution in [1.29, 1.82) is 0 Å². The average molecular weight is 299 g/mol. The van der Waals surface area contributed by atoms with Gasteiger partial charge in [0, 0.05) is 25.7 Å². The molecule has 1 saturated heterocycles. The summed E-state index contributed by atoms with van der Waals surface area (Å²) < 4.78 is 5.44. The van der Waals surface area contributed by atoms with Crippen LogP contribution in [0.4, 0.5) is 4.79 Å². The van der Waals surface area contributed by atoms with Gasteiger partial charge in [0.25, 0.3) is 0 Å². The second kappa shape index (κ2) is 7.99. The molecule has 5 nitrogen and oxygen atoms in total. The van der Waals surface area contributed by atoms with Gasteiger partial charge in [0.15, 0.2) is 0 Å². The van der Waals surface area contributed by atoms with E-state index in [9.17, 15) is 4.79 Å². The zero-order valence-corrected chi connectivity index (χ0v) is 14.4. The van der Waals surface area contributed by atoms with Crippen molar-refractivity contribution < 1.29 is 9.53 Å². The molecule has 5 heteroatoms. The first kappa shape index (κ1) is 18.2. The second-order valence-corrected chi connectivity index (χ2v) is 6.83. The summed E-state index contributed by atoms with van der Waals surface area (Å²) in [6, 6.07) is 0.431. The highest BCUT2D eigenvalue weighted by molar-refractivity contribution is 5.68. The van der Waals surface area contributed by atoms with E-state index >= 15 is 0 Å². The summed E-state index contributed by atoms with van der Waals surface area (Å²) in [5, 5.41) is 0. The highest BCUT2D eigenvalue weighted by Crippen LogP contribution is 2.25. The first-order chi connectivity index (χ1) is 9.82. The first-order valence-electron chi connectivity index (χ1n) is 8.24. The van der Waals surface area contributed by atoms with Gasteiger partial charge in [-0.2, -0.15) is 0 Å². The number of carbonyl (C=O) groups excluding carboxylic acids is 1. The van der Waals surface area contributed by atoms with Gasteiger partial charge in [0.05, 0.1) is 0 Å². The third kappa shape index (κ3) is 5.47. The monoisotopic (exact) mass is 299 g/mol. The lowest BCUT2D eigenvalue weighted by molar-refractivity contribution is 0.0135. The van der Waals surface area contributed by atoms with Gasteiger partial charge in [-0.3, -0.25) is 4.90 Å². The fourth-order valence-corrected chi connectivity index (χ4v) is 3.13. The SMILES string of the molecule is CCN(CC)C(CN)C1CCN(C(=O)OC(C)(C)C)CC1. The summed E-state index contributed by atoms with van der Waals surface area (Å²) in [5.41, 5.74) is 5.56. The molecule has 0 radical (unpaired) electrons. The lowest BCUT2D eigenvalue weighted by Crippen LogP contribution is -2.50. The second-order valence-electron chi connectivity index (χ2n) is 6.83. The summed E-state index contributed by atoms with van der Waals surface area (Å²) in [5.74, 6) is 0.577. The van der Waals surface area contributed by atoms with Gasteiger partial charge in [0.2, 0.25) is 0 Å². The molecule has 2 N–H and O–H groups in total. The number of hydrogen-bond donors (Lipinski definition) is 1. The minimum absolute atomic E-state index is 0.187. The smallest absolute Gasteiger partial charge is 0.410 e. The Morgan fingerprint density at radius 1 is 1.29 bits per heavy atom. The lowest BCUT2D eigenvalue weighted by atomic mass is 9.88. The maximum Gasteiger partial charge on any atom is 0.410 e. The minimum Gasteiger partial charge on any atom is -0.444 e. The summed E-state index contributed by atoms with van der Waals surface area (Å²) in [7, 11) is 0. The van der Waals surface area contributed by atoms with E-state index in [2.05, 4.69) is 18.7 Å². The molecule has 124 valence electrons. The number of nitrogens with two attached hydrogens (primary N) is 1. The number of hydrogen-bond acceptors (Lipinski definition) is 4. The summed E-state index contributed by atoms with van der Waals surface area (Å²) in [6.07, 6.45) is 1.84. The number of amides is 1. The molecule has 1 rings (SSSR count). The number of rotatable bonds is 5. The van der Waals surface area contributed by atoms with E-state index in [-0.39, 0.29) is 6.09 Å². The Morgan fingerprint density at radius 3 is 2.19 bits per heavy atom. The molecule has 1 heterocycles. The predicted octanol–water partition coefficient (Wildman–Crippen LogP) is 2.30. The molecular formula is C16H33N3O2. The maximum atomic E-state index is 12.1.